The van der Waals surface area contributed by atoms with E-state index in [-0.39, 0.29) is 34.8 Å². The molecular formula is C22H14Cl4INO4. The molecule has 10 heteroatoms. The zero-order valence-corrected chi connectivity index (χ0v) is 21.5. The number of amides is 1. The third-order valence-corrected chi connectivity index (χ3v) is 7.56. The summed E-state index contributed by atoms with van der Waals surface area (Å²) in [6.07, 6.45) is 0. The third kappa shape index (κ3) is 5.26. The highest BCUT2D eigenvalue weighted by Gasteiger charge is 2.28. The molecule has 0 aliphatic carbocycles. The molecule has 0 bridgehead atoms. The zero-order chi connectivity index (χ0) is 23.6. The molecule has 5 nitrogen and oxygen atoms in total. The molecule has 3 aromatic rings. The van der Waals surface area contributed by atoms with E-state index >= 15 is 0 Å². The molecule has 3 rings (SSSR count). The molecule has 0 saturated carbocycles. The fourth-order valence-corrected chi connectivity index (χ4v) is 4.73. The van der Waals surface area contributed by atoms with Gasteiger partial charge in [-0.3, -0.25) is 4.79 Å². The maximum Gasteiger partial charge on any atom is 0.337 e. The summed E-state index contributed by atoms with van der Waals surface area (Å²) >= 11 is 26.3. The molecule has 0 aliphatic heterocycles. The first-order valence-corrected chi connectivity index (χ1v) is 11.6. The number of hydrogen-bond acceptors (Lipinski definition) is 3. The second-order valence-electron chi connectivity index (χ2n) is 6.63. The molecule has 2 N–H and O–H groups in total. The van der Waals surface area contributed by atoms with Gasteiger partial charge in [-0.15, -0.1) is 0 Å². The summed E-state index contributed by atoms with van der Waals surface area (Å²) in [5, 5.41) is 12.0. The van der Waals surface area contributed by atoms with E-state index in [1.165, 1.54) is 6.07 Å². The number of aryl methyl sites for hydroxylation is 1. The van der Waals surface area contributed by atoms with Crippen LogP contribution >= 0.6 is 69.0 Å². The van der Waals surface area contributed by atoms with E-state index in [1.54, 1.807) is 34.7 Å². The smallest absolute Gasteiger partial charge is 0.337 e. The average Bonchev–Trinajstić information content (AvgIpc) is 2.74. The van der Waals surface area contributed by atoms with E-state index in [1.807, 2.05) is 31.2 Å². The van der Waals surface area contributed by atoms with Gasteiger partial charge in [0, 0.05) is 9.26 Å². The summed E-state index contributed by atoms with van der Waals surface area (Å²) in [6.45, 7) is 2.32. The van der Waals surface area contributed by atoms with Crippen LogP contribution in [0, 0.1) is 10.5 Å². The first-order chi connectivity index (χ1) is 15.1. The van der Waals surface area contributed by atoms with Crippen molar-refractivity contribution in [1.29, 1.82) is 0 Å². The normalized spacial score (nSPS) is 10.7. The highest BCUT2D eigenvalue weighted by Crippen LogP contribution is 2.40. The number of ether oxygens (including phenoxy) is 1. The monoisotopic (exact) mass is 623 g/mol. The van der Waals surface area contributed by atoms with Crippen molar-refractivity contribution in [2.24, 2.45) is 0 Å². The van der Waals surface area contributed by atoms with E-state index < -0.39 is 11.9 Å². The SMILES string of the molecule is Cc1ccccc1COc1ccc(NC(=O)c2c(Cl)c(Cl)c(Cl)c(I)c2C(=O)O)cc1Cl. The second kappa shape index (κ2) is 10.5. The van der Waals surface area contributed by atoms with E-state index in [2.05, 4.69) is 5.32 Å². The molecule has 0 aromatic heterocycles. The summed E-state index contributed by atoms with van der Waals surface area (Å²) in [4.78, 5) is 24.6. The Balaban J connectivity index is 1.84. The van der Waals surface area contributed by atoms with Gasteiger partial charge in [0.05, 0.1) is 31.2 Å². The number of carbonyl (C=O) groups excluding carboxylic acids is 1. The number of halogens is 5. The van der Waals surface area contributed by atoms with Crippen molar-refractivity contribution in [3.05, 3.63) is 88.4 Å². The van der Waals surface area contributed by atoms with Crippen LogP contribution < -0.4 is 10.1 Å². The first-order valence-electron chi connectivity index (χ1n) is 8.99. The van der Waals surface area contributed by atoms with Gasteiger partial charge in [-0.2, -0.15) is 0 Å². The minimum Gasteiger partial charge on any atom is -0.487 e. The number of rotatable bonds is 6. The van der Waals surface area contributed by atoms with Crippen molar-refractivity contribution in [2.75, 3.05) is 5.32 Å². The van der Waals surface area contributed by atoms with Crippen LogP contribution in [0.1, 0.15) is 31.8 Å². The Labute approximate surface area is 217 Å². The number of carbonyl (C=O) groups is 2. The van der Waals surface area contributed by atoms with Crippen LogP contribution in [0.25, 0.3) is 0 Å². The molecule has 1 amide bonds. The zero-order valence-electron chi connectivity index (χ0n) is 16.3. The Hall–Kier alpha value is -1.71. The fraction of sp³-hybridized carbons (Fsp3) is 0.0909. The van der Waals surface area contributed by atoms with Gasteiger partial charge in [0.2, 0.25) is 0 Å². The van der Waals surface area contributed by atoms with Gasteiger partial charge in [0.1, 0.15) is 12.4 Å². The van der Waals surface area contributed by atoms with Crippen LogP contribution in [-0.4, -0.2) is 17.0 Å². The highest BCUT2D eigenvalue weighted by molar-refractivity contribution is 14.1. The predicted molar refractivity (Wildman–Crippen MR) is 136 cm³/mol. The summed E-state index contributed by atoms with van der Waals surface area (Å²) in [7, 11) is 0. The van der Waals surface area contributed by atoms with Crippen LogP contribution in [0.5, 0.6) is 5.75 Å². The molecule has 0 saturated heterocycles. The number of benzene rings is 3. The van der Waals surface area contributed by atoms with Crippen molar-refractivity contribution >= 4 is 86.6 Å². The molecule has 0 radical (unpaired) electrons. The second-order valence-corrected chi connectivity index (χ2v) is 9.25. The van der Waals surface area contributed by atoms with E-state index in [0.29, 0.717) is 18.0 Å². The summed E-state index contributed by atoms with van der Waals surface area (Å²) < 4.78 is 5.89. The molecule has 166 valence electrons. The van der Waals surface area contributed by atoms with E-state index in [0.717, 1.165) is 11.1 Å². The van der Waals surface area contributed by atoms with E-state index in [4.69, 9.17) is 51.1 Å². The minimum absolute atomic E-state index is 0.0376. The number of aromatic carboxylic acids is 1. The highest BCUT2D eigenvalue weighted by atomic mass is 127. The molecule has 0 atom stereocenters. The van der Waals surface area contributed by atoms with Gasteiger partial charge >= 0.3 is 5.97 Å². The fourth-order valence-electron chi connectivity index (χ4n) is 2.86. The van der Waals surface area contributed by atoms with Crippen molar-refractivity contribution in [3.63, 3.8) is 0 Å². The number of carboxylic acids is 1. The average molecular weight is 625 g/mol. The minimum atomic E-state index is -1.36. The topological polar surface area (TPSA) is 75.6 Å². The van der Waals surface area contributed by atoms with E-state index in [9.17, 15) is 14.7 Å². The van der Waals surface area contributed by atoms with Gasteiger partial charge < -0.3 is 15.2 Å². The lowest BCUT2D eigenvalue weighted by Gasteiger charge is -2.15. The van der Waals surface area contributed by atoms with Gasteiger partial charge in [0.15, 0.2) is 0 Å². The van der Waals surface area contributed by atoms with Crippen molar-refractivity contribution in [3.8, 4) is 5.75 Å². The summed E-state index contributed by atoms with van der Waals surface area (Å²) in [5.74, 6) is -1.70. The molecular weight excluding hydrogens is 611 g/mol. The Kier molecular flexibility index (Phi) is 8.16. The van der Waals surface area contributed by atoms with Gasteiger partial charge in [-0.25, -0.2) is 4.79 Å². The standard InChI is InChI=1S/C22H14Cl4INO4/c1-10-4-2-3-5-11(10)9-32-14-7-6-12(8-13(14)23)28-21(29)15-16(22(30)31)20(27)19(26)18(25)17(15)24/h2-8H,9H2,1H3,(H,28,29)(H,30,31). The molecule has 32 heavy (non-hydrogen) atoms. The third-order valence-electron chi connectivity index (χ3n) is 4.54. The van der Waals surface area contributed by atoms with Crippen LogP contribution in [0.3, 0.4) is 0 Å². The van der Waals surface area contributed by atoms with Crippen molar-refractivity contribution in [2.45, 2.75) is 13.5 Å². The van der Waals surface area contributed by atoms with Gasteiger partial charge in [-0.05, 0) is 58.8 Å². The van der Waals surface area contributed by atoms with Crippen molar-refractivity contribution in [1.82, 2.24) is 0 Å². The van der Waals surface area contributed by atoms with Crippen LogP contribution in [0.2, 0.25) is 20.1 Å². The molecule has 0 unspecified atom stereocenters. The Bertz CT molecular complexity index is 1230. The molecule has 0 heterocycles. The van der Waals surface area contributed by atoms with Gasteiger partial charge in [-0.1, -0.05) is 70.7 Å². The van der Waals surface area contributed by atoms with Crippen LogP contribution in [0.4, 0.5) is 5.69 Å². The lowest BCUT2D eigenvalue weighted by atomic mass is 10.1. The molecule has 0 spiro atoms. The van der Waals surface area contributed by atoms with Crippen molar-refractivity contribution < 1.29 is 19.4 Å². The number of anilines is 1. The lowest BCUT2D eigenvalue weighted by molar-refractivity contribution is 0.0691. The first kappa shape index (κ1) is 24.9. The molecule has 0 fully saturated rings. The number of nitrogens with one attached hydrogen (secondary N) is 1. The predicted octanol–water partition coefficient (Wildman–Crippen LogP) is 7.74. The summed E-state index contributed by atoms with van der Waals surface area (Å²) in [5.41, 5.74) is 1.79. The maximum absolute atomic E-state index is 12.9. The van der Waals surface area contributed by atoms with Crippen LogP contribution in [-0.2, 0) is 6.61 Å². The van der Waals surface area contributed by atoms with Gasteiger partial charge in [0.25, 0.3) is 5.91 Å². The number of carboxylic acid groups (broad SMARTS) is 1. The largest absolute Gasteiger partial charge is 0.487 e. The quantitative estimate of drug-likeness (QED) is 0.167. The lowest BCUT2D eigenvalue weighted by Crippen LogP contribution is -2.19. The Morgan fingerprint density at radius 2 is 1.69 bits per heavy atom. The molecule has 0 aliphatic rings. The molecule has 3 aromatic carbocycles. The summed E-state index contributed by atoms with van der Waals surface area (Å²) in [6, 6.07) is 12.5. The maximum atomic E-state index is 12.9. The van der Waals surface area contributed by atoms with Crippen LogP contribution in [0.15, 0.2) is 42.5 Å². The Morgan fingerprint density at radius 3 is 2.31 bits per heavy atom. The Morgan fingerprint density at radius 1 is 1.00 bits per heavy atom. The number of hydrogen-bond donors (Lipinski definition) is 2.